The van der Waals surface area contributed by atoms with Gasteiger partial charge in [-0.1, -0.05) is 0 Å². The molecule has 4 heterocycles. The van der Waals surface area contributed by atoms with Crippen LogP contribution in [-0.4, -0.2) is 50.5 Å². The minimum atomic E-state index is -0.531. The third kappa shape index (κ3) is 4.13. The average molecular weight is 461 g/mol. The summed E-state index contributed by atoms with van der Waals surface area (Å²) in [5.74, 6) is 0.968. The Morgan fingerprint density at radius 2 is 1.91 bits per heavy atom. The lowest BCUT2D eigenvalue weighted by molar-refractivity contribution is -0.118. The van der Waals surface area contributed by atoms with Crippen LogP contribution in [0, 0.1) is 24.7 Å². The number of aromatic nitrogens is 3. The predicted molar refractivity (Wildman–Crippen MR) is 129 cm³/mol. The van der Waals surface area contributed by atoms with Crippen molar-refractivity contribution >= 4 is 34.4 Å². The van der Waals surface area contributed by atoms with Crippen molar-refractivity contribution in [3.8, 4) is 11.3 Å². The molecule has 2 aliphatic rings. The van der Waals surface area contributed by atoms with E-state index in [1.165, 1.54) is 0 Å². The number of carbonyl (C=O) groups excluding carboxylic acids is 2. The molecule has 1 saturated carbocycles. The van der Waals surface area contributed by atoms with Crippen LogP contribution >= 0.6 is 0 Å². The molecule has 5 rings (SSSR count). The van der Waals surface area contributed by atoms with Crippen LogP contribution in [-0.2, 0) is 9.53 Å². The number of nitrogens with one attached hydrogen (secondary N) is 1. The number of hydrogen-bond donors (Lipinski definition) is 2. The molecule has 0 bridgehead atoms. The number of carbonyl (C=O) groups is 2. The number of amides is 2. The van der Waals surface area contributed by atoms with Gasteiger partial charge in [0.05, 0.1) is 5.69 Å². The first-order chi connectivity index (χ1) is 16.1. The molecule has 176 valence electrons. The molecule has 3 atom stereocenters. The first-order valence-electron chi connectivity index (χ1n) is 11.4. The molecule has 3 N–H and O–H groups in total. The molecule has 34 heavy (non-hydrogen) atoms. The van der Waals surface area contributed by atoms with Crippen LogP contribution in [0.2, 0.25) is 0 Å². The minimum absolute atomic E-state index is 0.0731. The van der Waals surface area contributed by atoms with Gasteiger partial charge in [0.25, 0.3) is 0 Å². The van der Waals surface area contributed by atoms with Gasteiger partial charge in [-0.05, 0) is 68.7 Å². The number of nitrogen functional groups attached to an aromatic ring is 1. The maximum atomic E-state index is 12.9. The standard InChI is InChI=1S/C25H28N6O3/c1-13-5-6-27-9-15(13)19-7-14-8-20(28-10-16(14)22(26)29-19)30-23(32)21-17-11-31(12-18(17)21)24(33)34-25(2,3)4/h5-10,17-18,21H,11-12H2,1-4H3,(H2,26,29)(H,28,30,32)/t17-,18+,21?. The monoisotopic (exact) mass is 460 g/mol. The highest BCUT2D eigenvalue weighted by Gasteiger charge is 2.60. The first-order valence-corrected chi connectivity index (χ1v) is 11.4. The lowest BCUT2D eigenvalue weighted by Crippen LogP contribution is -2.38. The highest BCUT2D eigenvalue weighted by Crippen LogP contribution is 2.52. The normalized spacial score (nSPS) is 21.3. The predicted octanol–water partition coefficient (Wildman–Crippen LogP) is 3.63. The van der Waals surface area contributed by atoms with Gasteiger partial charge in [-0.15, -0.1) is 0 Å². The molecular weight excluding hydrogens is 432 g/mol. The number of piperidine rings is 1. The zero-order valence-corrected chi connectivity index (χ0v) is 19.7. The SMILES string of the molecule is Cc1ccncc1-c1cc2cc(NC(=O)C3[C@H]4CN(C(=O)OC(C)(C)C)C[C@@H]34)ncc2c(N)n1. The highest BCUT2D eigenvalue weighted by molar-refractivity contribution is 5.99. The van der Waals surface area contributed by atoms with E-state index in [9.17, 15) is 9.59 Å². The van der Waals surface area contributed by atoms with Crippen molar-refractivity contribution in [3.05, 3.63) is 42.4 Å². The zero-order chi connectivity index (χ0) is 24.2. The van der Waals surface area contributed by atoms with E-state index >= 15 is 0 Å². The number of pyridine rings is 3. The van der Waals surface area contributed by atoms with Crippen LogP contribution in [0.15, 0.2) is 36.8 Å². The molecule has 9 nitrogen and oxygen atoms in total. The van der Waals surface area contributed by atoms with Gasteiger partial charge in [-0.25, -0.2) is 14.8 Å². The van der Waals surface area contributed by atoms with Crippen molar-refractivity contribution in [2.45, 2.75) is 33.3 Å². The Balaban J connectivity index is 1.28. The summed E-state index contributed by atoms with van der Waals surface area (Å²) in [6.45, 7) is 8.61. The molecule has 3 aromatic rings. The second kappa shape index (κ2) is 7.93. The lowest BCUT2D eigenvalue weighted by Gasteiger charge is -2.25. The van der Waals surface area contributed by atoms with Gasteiger partial charge in [0.15, 0.2) is 0 Å². The Morgan fingerprint density at radius 1 is 1.18 bits per heavy atom. The Hall–Kier alpha value is -3.75. The Kier molecular flexibility index (Phi) is 5.15. The van der Waals surface area contributed by atoms with Gasteiger partial charge >= 0.3 is 6.09 Å². The molecule has 0 spiro atoms. The summed E-state index contributed by atoms with van der Waals surface area (Å²) >= 11 is 0. The van der Waals surface area contributed by atoms with E-state index < -0.39 is 5.60 Å². The molecule has 1 aliphatic carbocycles. The fourth-order valence-electron chi connectivity index (χ4n) is 4.71. The van der Waals surface area contributed by atoms with E-state index in [2.05, 4.69) is 20.3 Å². The molecule has 1 aliphatic heterocycles. The molecule has 3 aromatic heterocycles. The van der Waals surface area contributed by atoms with Crippen LogP contribution in [0.1, 0.15) is 26.3 Å². The summed E-state index contributed by atoms with van der Waals surface area (Å²) in [5, 5.41) is 4.50. The van der Waals surface area contributed by atoms with Gasteiger partial charge in [-0.3, -0.25) is 9.78 Å². The van der Waals surface area contributed by atoms with Gasteiger partial charge in [-0.2, -0.15) is 0 Å². The molecular formula is C25H28N6O3. The lowest BCUT2D eigenvalue weighted by atomic mass is 10.1. The van der Waals surface area contributed by atoms with E-state index in [-0.39, 0.29) is 29.8 Å². The first kappa shape index (κ1) is 22.1. The van der Waals surface area contributed by atoms with Crippen molar-refractivity contribution in [1.82, 2.24) is 19.9 Å². The smallest absolute Gasteiger partial charge is 0.410 e. The summed E-state index contributed by atoms with van der Waals surface area (Å²) < 4.78 is 5.44. The molecule has 9 heteroatoms. The third-order valence-electron chi connectivity index (χ3n) is 6.46. The molecule has 2 amide bonds. The summed E-state index contributed by atoms with van der Waals surface area (Å²) in [4.78, 5) is 39.9. The Bertz CT molecular complexity index is 1290. The largest absolute Gasteiger partial charge is 0.444 e. The molecule has 0 aromatic carbocycles. The number of likely N-dealkylation sites (tertiary alicyclic amines) is 1. The van der Waals surface area contributed by atoms with Crippen LogP contribution in [0.5, 0.6) is 0 Å². The number of nitrogens with two attached hydrogens (primary N) is 1. The van der Waals surface area contributed by atoms with Crippen molar-refractivity contribution < 1.29 is 14.3 Å². The van der Waals surface area contributed by atoms with Crippen molar-refractivity contribution in [3.63, 3.8) is 0 Å². The quantitative estimate of drug-likeness (QED) is 0.612. The number of fused-ring (bicyclic) bond motifs is 2. The zero-order valence-electron chi connectivity index (χ0n) is 19.7. The highest BCUT2D eigenvalue weighted by atomic mass is 16.6. The van der Waals surface area contributed by atoms with E-state index in [0.717, 1.165) is 27.6 Å². The number of ether oxygens (including phenoxy) is 1. The number of rotatable bonds is 3. The topological polar surface area (TPSA) is 123 Å². The number of aryl methyl sites for hydroxylation is 1. The maximum absolute atomic E-state index is 12.9. The van der Waals surface area contributed by atoms with E-state index in [1.807, 2.05) is 45.9 Å². The number of nitrogens with zero attached hydrogens (tertiary/aromatic N) is 4. The summed E-state index contributed by atoms with van der Waals surface area (Å²) in [7, 11) is 0. The number of anilines is 2. The fourth-order valence-corrected chi connectivity index (χ4v) is 4.71. The second-order valence-corrected chi connectivity index (χ2v) is 10.1. The van der Waals surface area contributed by atoms with Gasteiger partial charge in [0.2, 0.25) is 5.91 Å². The van der Waals surface area contributed by atoms with Crippen molar-refractivity contribution in [2.24, 2.45) is 17.8 Å². The number of hydrogen-bond acceptors (Lipinski definition) is 7. The summed E-state index contributed by atoms with van der Waals surface area (Å²) in [6, 6.07) is 5.66. The second-order valence-electron chi connectivity index (χ2n) is 10.1. The molecule has 0 radical (unpaired) electrons. The summed E-state index contributed by atoms with van der Waals surface area (Å²) in [5.41, 5.74) is 8.33. The van der Waals surface area contributed by atoms with Crippen LogP contribution in [0.4, 0.5) is 16.4 Å². The van der Waals surface area contributed by atoms with E-state index in [0.29, 0.717) is 24.7 Å². The van der Waals surface area contributed by atoms with Crippen LogP contribution in [0.3, 0.4) is 0 Å². The molecule has 2 fully saturated rings. The Labute approximate surface area is 197 Å². The Morgan fingerprint density at radius 3 is 2.59 bits per heavy atom. The van der Waals surface area contributed by atoms with Crippen LogP contribution in [0.25, 0.3) is 22.0 Å². The molecule has 1 saturated heterocycles. The van der Waals surface area contributed by atoms with E-state index in [4.69, 9.17) is 10.5 Å². The van der Waals surface area contributed by atoms with Gasteiger partial charge in [0.1, 0.15) is 17.2 Å². The van der Waals surface area contributed by atoms with Crippen LogP contribution < -0.4 is 11.1 Å². The van der Waals surface area contributed by atoms with Crippen molar-refractivity contribution in [1.29, 1.82) is 0 Å². The maximum Gasteiger partial charge on any atom is 0.410 e. The minimum Gasteiger partial charge on any atom is -0.444 e. The van der Waals surface area contributed by atoms with E-state index in [1.54, 1.807) is 23.5 Å². The third-order valence-corrected chi connectivity index (χ3v) is 6.46. The van der Waals surface area contributed by atoms with Gasteiger partial charge in [0, 0.05) is 48.5 Å². The molecule has 1 unspecified atom stereocenters. The average Bonchev–Trinajstić information content (AvgIpc) is 3.26. The van der Waals surface area contributed by atoms with Crippen molar-refractivity contribution in [2.75, 3.05) is 24.1 Å². The fraction of sp³-hybridized carbons (Fsp3) is 0.400. The summed E-state index contributed by atoms with van der Waals surface area (Å²) in [6.07, 6.45) is 4.81. The van der Waals surface area contributed by atoms with Gasteiger partial charge < -0.3 is 20.7 Å².